The van der Waals surface area contributed by atoms with E-state index < -0.39 is 5.60 Å². The minimum absolute atomic E-state index is 0.0264. The molecule has 1 saturated heterocycles. The molecular formula is C18H22N4O3. The molecule has 1 fully saturated rings. The molecule has 0 aromatic carbocycles. The molecule has 2 aromatic heterocycles. The maximum absolute atomic E-state index is 12.1. The van der Waals surface area contributed by atoms with Crippen LogP contribution in [0.3, 0.4) is 0 Å². The molecule has 1 aliphatic rings. The summed E-state index contributed by atoms with van der Waals surface area (Å²) in [5.41, 5.74) is 1.27. The largest absolute Gasteiger partial charge is 0.490 e. The van der Waals surface area contributed by atoms with Crippen LogP contribution in [0, 0.1) is 0 Å². The molecule has 3 rings (SSSR count). The first-order valence-corrected chi connectivity index (χ1v) is 8.25. The number of carbonyl (C=O) groups excluding carboxylic acids is 1. The third-order valence-electron chi connectivity index (χ3n) is 3.82. The summed E-state index contributed by atoms with van der Waals surface area (Å²) in [6.07, 6.45) is 8.94. The minimum atomic E-state index is -0.492. The Bertz CT molecular complexity index is 731. The van der Waals surface area contributed by atoms with Gasteiger partial charge in [0.15, 0.2) is 0 Å². The van der Waals surface area contributed by atoms with Crippen LogP contribution in [0.4, 0.5) is 4.79 Å². The number of ether oxygens (including phenoxy) is 2. The number of carbonyl (C=O) groups is 1. The zero-order valence-electron chi connectivity index (χ0n) is 14.7. The van der Waals surface area contributed by atoms with E-state index >= 15 is 0 Å². The van der Waals surface area contributed by atoms with E-state index in [4.69, 9.17) is 9.47 Å². The van der Waals surface area contributed by atoms with Crippen molar-refractivity contribution in [2.45, 2.75) is 38.8 Å². The summed E-state index contributed by atoms with van der Waals surface area (Å²) in [4.78, 5) is 26.0. The molecule has 1 atom stereocenters. The highest BCUT2D eigenvalue weighted by molar-refractivity contribution is 5.69. The second-order valence-corrected chi connectivity index (χ2v) is 6.96. The fraction of sp³-hybridized carbons (Fsp3) is 0.444. The van der Waals surface area contributed by atoms with Gasteiger partial charge in [-0.3, -0.25) is 4.98 Å². The molecular weight excluding hydrogens is 320 g/mol. The summed E-state index contributed by atoms with van der Waals surface area (Å²) in [5.74, 6) is 0.650. The summed E-state index contributed by atoms with van der Waals surface area (Å²) in [5, 5.41) is 0. The maximum Gasteiger partial charge on any atom is 0.410 e. The Balaban J connectivity index is 1.58. The molecule has 1 amide bonds. The van der Waals surface area contributed by atoms with Crippen LogP contribution in [-0.4, -0.2) is 50.7 Å². The summed E-state index contributed by atoms with van der Waals surface area (Å²) >= 11 is 0. The number of rotatable bonds is 4. The van der Waals surface area contributed by atoms with Crippen LogP contribution >= 0.6 is 0 Å². The molecule has 0 unspecified atom stereocenters. The molecule has 0 aliphatic carbocycles. The monoisotopic (exact) mass is 342 g/mol. The summed E-state index contributed by atoms with van der Waals surface area (Å²) in [6.45, 7) is 6.69. The molecule has 0 N–H and O–H groups in total. The standard InChI is InChI=1S/C18H22N4O3/c1-18(2,3)25-17(23)22-5-4-15(22)11-24-16-6-13(7-19-10-16)14-8-20-12-21-9-14/h6-10,12,15H,4-5,11H2,1-3H3/t15-/m0/s1. The fourth-order valence-corrected chi connectivity index (χ4v) is 2.47. The van der Waals surface area contributed by atoms with Gasteiger partial charge in [0.2, 0.25) is 0 Å². The molecule has 0 spiro atoms. The Morgan fingerprint density at radius 3 is 2.52 bits per heavy atom. The van der Waals surface area contributed by atoms with Crippen molar-refractivity contribution in [3.8, 4) is 16.9 Å². The van der Waals surface area contributed by atoms with Gasteiger partial charge < -0.3 is 14.4 Å². The molecule has 0 saturated carbocycles. The number of amides is 1. The van der Waals surface area contributed by atoms with Crippen molar-refractivity contribution in [3.63, 3.8) is 0 Å². The molecule has 7 nitrogen and oxygen atoms in total. The second-order valence-electron chi connectivity index (χ2n) is 6.96. The zero-order valence-corrected chi connectivity index (χ0v) is 14.7. The van der Waals surface area contributed by atoms with E-state index in [1.807, 2.05) is 26.8 Å². The number of hydrogen-bond acceptors (Lipinski definition) is 6. The van der Waals surface area contributed by atoms with E-state index in [9.17, 15) is 4.79 Å². The van der Waals surface area contributed by atoms with Crippen LogP contribution in [0.15, 0.2) is 37.2 Å². The fourth-order valence-electron chi connectivity index (χ4n) is 2.47. The lowest BCUT2D eigenvalue weighted by Crippen LogP contribution is -2.55. The van der Waals surface area contributed by atoms with Crippen LogP contribution in [-0.2, 0) is 4.74 Å². The molecule has 25 heavy (non-hydrogen) atoms. The topological polar surface area (TPSA) is 77.4 Å². The highest BCUT2D eigenvalue weighted by atomic mass is 16.6. The zero-order chi connectivity index (χ0) is 17.9. The van der Waals surface area contributed by atoms with Crippen molar-refractivity contribution in [2.24, 2.45) is 0 Å². The lowest BCUT2D eigenvalue weighted by atomic mass is 10.1. The van der Waals surface area contributed by atoms with Gasteiger partial charge >= 0.3 is 6.09 Å². The predicted octanol–water partition coefficient (Wildman–Crippen LogP) is 2.93. The highest BCUT2D eigenvalue weighted by Crippen LogP contribution is 2.24. The Morgan fingerprint density at radius 1 is 1.16 bits per heavy atom. The number of likely N-dealkylation sites (tertiary alicyclic amines) is 1. The van der Waals surface area contributed by atoms with E-state index in [-0.39, 0.29) is 12.1 Å². The van der Waals surface area contributed by atoms with Gasteiger partial charge in [-0.05, 0) is 33.3 Å². The maximum atomic E-state index is 12.1. The number of pyridine rings is 1. The normalized spacial score (nSPS) is 16.9. The quantitative estimate of drug-likeness (QED) is 0.850. The molecule has 132 valence electrons. The summed E-state index contributed by atoms with van der Waals surface area (Å²) in [7, 11) is 0. The van der Waals surface area contributed by atoms with E-state index in [1.165, 1.54) is 6.33 Å². The smallest absolute Gasteiger partial charge is 0.410 e. The van der Waals surface area contributed by atoms with Gasteiger partial charge in [0.05, 0.1) is 12.2 Å². The Labute approximate surface area is 147 Å². The number of aromatic nitrogens is 3. The van der Waals surface area contributed by atoms with Gasteiger partial charge in [-0.1, -0.05) is 0 Å². The molecule has 7 heteroatoms. The first kappa shape index (κ1) is 17.1. The molecule has 2 aromatic rings. The van der Waals surface area contributed by atoms with Crippen LogP contribution in [0.1, 0.15) is 27.2 Å². The van der Waals surface area contributed by atoms with Crippen molar-refractivity contribution in [1.29, 1.82) is 0 Å². The molecule has 0 bridgehead atoms. The number of nitrogens with zero attached hydrogens (tertiary/aromatic N) is 4. The first-order valence-electron chi connectivity index (χ1n) is 8.25. The van der Waals surface area contributed by atoms with Crippen LogP contribution in [0.25, 0.3) is 11.1 Å². The van der Waals surface area contributed by atoms with Gasteiger partial charge in [0, 0.05) is 36.3 Å². The van der Waals surface area contributed by atoms with Crippen LogP contribution in [0.2, 0.25) is 0 Å². The molecule has 0 radical (unpaired) electrons. The van der Waals surface area contributed by atoms with Crippen molar-refractivity contribution < 1.29 is 14.3 Å². The SMILES string of the molecule is CC(C)(C)OC(=O)N1CC[C@H]1COc1cncc(-c2cncnc2)c1. The van der Waals surface area contributed by atoms with Gasteiger partial charge in [0.25, 0.3) is 0 Å². The highest BCUT2D eigenvalue weighted by Gasteiger charge is 2.35. The molecule has 1 aliphatic heterocycles. The van der Waals surface area contributed by atoms with E-state index in [2.05, 4.69) is 15.0 Å². The van der Waals surface area contributed by atoms with E-state index in [0.29, 0.717) is 18.9 Å². The average molecular weight is 342 g/mol. The summed E-state index contributed by atoms with van der Waals surface area (Å²) in [6, 6.07) is 1.92. The lowest BCUT2D eigenvalue weighted by Gasteiger charge is -2.40. The van der Waals surface area contributed by atoms with Crippen molar-refractivity contribution in [2.75, 3.05) is 13.2 Å². The van der Waals surface area contributed by atoms with Gasteiger partial charge in [-0.25, -0.2) is 14.8 Å². The van der Waals surface area contributed by atoms with E-state index in [1.54, 1.807) is 29.7 Å². The van der Waals surface area contributed by atoms with Gasteiger partial charge in [-0.2, -0.15) is 0 Å². The Kier molecular flexibility index (Phi) is 4.83. The minimum Gasteiger partial charge on any atom is -0.490 e. The third kappa shape index (κ3) is 4.43. The Hall–Kier alpha value is -2.70. The predicted molar refractivity (Wildman–Crippen MR) is 92.1 cm³/mol. The van der Waals surface area contributed by atoms with E-state index in [0.717, 1.165) is 17.5 Å². The third-order valence-corrected chi connectivity index (χ3v) is 3.82. The van der Waals surface area contributed by atoms with Crippen LogP contribution < -0.4 is 4.74 Å². The van der Waals surface area contributed by atoms with Crippen LogP contribution in [0.5, 0.6) is 5.75 Å². The molecule has 3 heterocycles. The Morgan fingerprint density at radius 2 is 1.88 bits per heavy atom. The second kappa shape index (κ2) is 7.04. The van der Waals surface area contributed by atoms with Crippen molar-refractivity contribution in [3.05, 3.63) is 37.2 Å². The first-order chi connectivity index (χ1) is 11.9. The van der Waals surface area contributed by atoms with Crippen molar-refractivity contribution >= 4 is 6.09 Å². The number of hydrogen-bond donors (Lipinski definition) is 0. The average Bonchev–Trinajstić information content (AvgIpc) is 2.53. The summed E-state index contributed by atoms with van der Waals surface area (Å²) < 4.78 is 11.2. The van der Waals surface area contributed by atoms with Gasteiger partial charge in [0.1, 0.15) is 24.3 Å². The van der Waals surface area contributed by atoms with Gasteiger partial charge in [-0.15, -0.1) is 0 Å². The van der Waals surface area contributed by atoms with Crippen molar-refractivity contribution in [1.82, 2.24) is 19.9 Å². The lowest BCUT2D eigenvalue weighted by molar-refractivity contribution is -0.0141.